The van der Waals surface area contributed by atoms with Crippen LogP contribution >= 0.6 is 11.6 Å². The first-order chi connectivity index (χ1) is 15.7. The lowest BCUT2D eigenvalue weighted by molar-refractivity contribution is 0.0520. The molecule has 2 aromatic heterocycles. The van der Waals surface area contributed by atoms with Gasteiger partial charge in [-0.25, -0.2) is 9.18 Å². The molecule has 0 fully saturated rings. The van der Waals surface area contributed by atoms with Crippen molar-refractivity contribution in [2.24, 2.45) is 0 Å². The lowest BCUT2D eigenvalue weighted by atomic mass is 10.1. The van der Waals surface area contributed by atoms with Crippen LogP contribution in [0, 0.1) is 5.82 Å². The standard InChI is InChI=1S/C25H22ClFN2O4/c1-25(2,3)33-24(30)29-14-20-11-16-10-15(12-21(26)23(16)32-20)22-9-8-19(13-28-22)31-18-6-4-17(27)5-7-18/h4-13H,14H2,1-3H3,(H,29,30). The number of carbonyl (C=O) groups is 1. The first-order valence-electron chi connectivity index (χ1n) is 10.2. The fraction of sp³-hybridized carbons (Fsp3) is 0.200. The van der Waals surface area contributed by atoms with E-state index in [1.54, 1.807) is 57.3 Å². The molecule has 0 saturated heterocycles. The Labute approximate surface area is 195 Å². The maximum atomic E-state index is 13.0. The molecule has 8 heteroatoms. The topological polar surface area (TPSA) is 73.6 Å². The normalized spacial score (nSPS) is 11.4. The van der Waals surface area contributed by atoms with E-state index >= 15 is 0 Å². The van der Waals surface area contributed by atoms with Crippen LogP contribution in [0.15, 0.2) is 65.2 Å². The highest BCUT2D eigenvalue weighted by Crippen LogP contribution is 2.33. The number of nitrogens with one attached hydrogen (secondary N) is 1. The van der Waals surface area contributed by atoms with E-state index in [1.807, 2.05) is 12.1 Å². The summed E-state index contributed by atoms with van der Waals surface area (Å²) in [6.45, 7) is 5.56. The number of alkyl carbamates (subject to hydrolysis) is 1. The molecule has 0 aliphatic heterocycles. The van der Waals surface area contributed by atoms with Crippen LogP contribution in [0.1, 0.15) is 26.5 Å². The van der Waals surface area contributed by atoms with Gasteiger partial charge in [0.1, 0.15) is 28.7 Å². The van der Waals surface area contributed by atoms with Crippen LogP contribution in [-0.2, 0) is 11.3 Å². The lowest BCUT2D eigenvalue weighted by Gasteiger charge is -2.19. The third kappa shape index (κ3) is 5.81. The summed E-state index contributed by atoms with van der Waals surface area (Å²) < 4.78 is 29.8. The van der Waals surface area contributed by atoms with Gasteiger partial charge in [-0.3, -0.25) is 4.98 Å². The Kier molecular flexibility index (Phi) is 6.24. The molecular weight excluding hydrogens is 447 g/mol. The second kappa shape index (κ2) is 9.11. The first kappa shape index (κ1) is 22.6. The molecule has 2 aromatic carbocycles. The molecule has 0 saturated carbocycles. The second-order valence-electron chi connectivity index (χ2n) is 8.38. The summed E-state index contributed by atoms with van der Waals surface area (Å²) in [5, 5.41) is 3.88. The van der Waals surface area contributed by atoms with Gasteiger partial charge < -0.3 is 19.2 Å². The number of carbonyl (C=O) groups excluding carboxylic acids is 1. The Hall–Kier alpha value is -3.58. The predicted octanol–water partition coefficient (Wildman–Crippen LogP) is 7.10. The number of amides is 1. The molecule has 0 aliphatic carbocycles. The van der Waals surface area contributed by atoms with Crippen molar-refractivity contribution in [3.63, 3.8) is 0 Å². The van der Waals surface area contributed by atoms with E-state index in [0.717, 1.165) is 10.9 Å². The van der Waals surface area contributed by atoms with Crippen molar-refractivity contribution in [2.45, 2.75) is 32.9 Å². The number of rotatable bonds is 5. The Morgan fingerprint density at radius 2 is 1.82 bits per heavy atom. The zero-order chi connectivity index (χ0) is 23.6. The van der Waals surface area contributed by atoms with E-state index < -0.39 is 11.7 Å². The zero-order valence-electron chi connectivity index (χ0n) is 18.3. The molecule has 170 valence electrons. The highest BCUT2D eigenvalue weighted by molar-refractivity contribution is 6.35. The van der Waals surface area contributed by atoms with Crippen LogP contribution in [0.5, 0.6) is 11.5 Å². The third-order valence-corrected chi connectivity index (χ3v) is 4.79. The molecule has 0 unspecified atom stereocenters. The Bertz CT molecular complexity index is 1280. The molecular formula is C25H22ClFN2O4. The maximum Gasteiger partial charge on any atom is 0.408 e. The highest BCUT2D eigenvalue weighted by Gasteiger charge is 2.17. The fourth-order valence-electron chi connectivity index (χ4n) is 3.12. The van der Waals surface area contributed by atoms with Crippen molar-refractivity contribution in [1.82, 2.24) is 10.3 Å². The van der Waals surface area contributed by atoms with Gasteiger partial charge in [0.2, 0.25) is 0 Å². The van der Waals surface area contributed by atoms with E-state index in [9.17, 15) is 9.18 Å². The summed E-state index contributed by atoms with van der Waals surface area (Å²) in [7, 11) is 0. The van der Waals surface area contributed by atoms with E-state index in [2.05, 4.69) is 10.3 Å². The van der Waals surface area contributed by atoms with E-state index in [0.29, 0.717) is 33.6 Å². The summed E-state index contributed by atoms with van der Waals surface area (Å²) in [4.78, 5) is 16.3. The van der Waals surface area contributed by atoms with E-state index in [-0.39, 0.29) is 12.4 Å². The van der Waals surface area contributed by atoms with E-state index in [4.69, 9.17) is 25.5 Å². The summed E-state index contributed by atoms with van der Waals surface area (Å²) in [6.07, 6.45) is 1.06. The first-order valence-corrected chi connectivity index (χ1v) is 10.6. The van der Waals surface area contributed by atoms with Crippen LogP contribution in [0.25, 0.3) is 22.2 Å². The van der Waals surface area contributed by atoms with Gasteiger partial charge in [0, 0.05) is 10.9 Å². The van der Waals surface area contributed by atoms with Gasteiger partial charge >= 0.3 is 6.09 Å². The second-order valence-corrected chi connectivity index (χ2v) is 8.79. The van der Waals surface area contributed by atoms with Crippen LogP contribution in [0.2, 0.25) is 5.02 Å². The predicted molar refractivity (Wildman–Crippen MR) is 124 cm³/mol. The molecule has 33 heavy (non-hydrogen) atoms. The van der Waals surface area contributed by atoms with Crippen molar-refractivity contribution in [2.75, 3.05) is 0 Å². The minimum Gasteiger partial charge on any atom is -0.458 e. The monoisotopic (exact) mass is 468 g/mol. The van der Waals surface area contributed by atoms with Gasteiger partial charge in [-0.15, -0.1) is 0 Å². The number of nitrogens with zero attached hydrogens (tertiary/aromatic N) is 1. The number of halogens is 2. The Morgan fingerprint density at radius 3 is 2.48 bits per heavy atom. The number of aromatic nitrogens is 1. The molecule has 4 rings (SSSR count). The Balaban J connectivity index is 1.49. The summed E-state index contributed by atoms with van der Waals surface area (Å²) in [5.74, 6) is 1.26. The van der Waals surface area contributed by atoms with Gasteiger partial charge in [-0.1, -0.05) is 11.6 Å². The number of ether oxygens (including phenoxy) is 2. The SMILES string of the molecule is CC(C)(C)OC(=O)NCc1cc2cc(-c3ccc(Oc4ccc(F)cc4)cn3)cc(Cl)c2o1. The molecule has 1 N–H and O–H groups in total. The molecule has 4 aromatic rings. The number of fused-ring (bicyclic) bond motifs is 1. The number of furan rings is 1. The molecule has 0 radical (unpaired) electrons. The maximum absolute atomic E-state index is 13.0. The van der Waals surface area contributed by atoms with Crippen LogP contribution in [-0.4, -0.2) is 16.7 Å². The number of hydrogen-bond donors (Lipinski definition) is 1. The zero-order valence-corrected chi connectivity index (χ0v) is 19.1. The summed E-state index contributed by atoms with van der Waals surface area (Å²) >= 11 is 6.44. The Morgan fingerprint density at radius 1 is 1.09 bits per heavy atom. The molecule has 0 aliphatic rings. The largest absolute Gasteiger partial charge is 0.458 e. The average Bonchev–Trinajstić information content (AvgIpc) is 3.17. The lowest BCUT2D eigenvalue weighted by Crippen LogP contribution is -2.32. The van der Waals surface area contributed by atoms with Crippen molar-refractivity contribution in [3.8, 4) is 22.8 Å². The van der Waals surface area contributed by atoms with Crippen molar-refractivity contribution in [1.29, 1.82) is 0 Å². The quantitative estimate of drug-likeness (QED) is 0.338. The molecule has 2 heterocycles. The van der Waals surface area contributed by atoms with Crippen molar-refractivity contribution in [3.05, 3.63) is 77.4 Å². The van der Waals surface area contributed by atoms with Gasteiger partial charge in [-0.05, 0) is 75.4 Å². The molecule has 0 atom stereocenters. The molecule has 1 amide bonds. The summed E-state index contributed by atoms with van der Waals surface area (Å²) in [5.41, 5.74) is 1.44. The number of benzene rings is 2. The molecule has 0 bridgehead atoms. The number of pyridine rings is 1. The summed E-state index contributed by atoms with van der Waals surface area (Å²) in [6, 6.07) is 14.8. The fourth-order valence-corrected chi connectivity index (χ4v) is 3.39. The van der Waals surface area contributed by atoms with E-state index in [1.165, 1.54) is 12.1 Å². The third-order valence-electron chi connectivity index (χ3n) is 4.51. The van der Waals surface area contributed by atoms with Gasteiger partial charge in [-0.2, -0.15) is 0 Å². The van der Waals surface area contributed by atoms with Crippen LogP contribution < -0.4 is 10.1 Å². The van der Waals surface area contributed by atoms with Crippen molar-refractivity contribution < 1.29 is 23.1 Å². The molecule has 0 spiro atoms. The van der Waals surface area contributed by atoms with Crippen LogP contribution in [0.3, 0.4) is 0 Å². The van der Waals surface area contributed by atoms with Gasteiger partial charge in [0.15, 0.2) is 5.58 Å². The average molecular weight is 469 g/mol. The van der Waals surface area contributed by atoms with Crippen molar-refractivity contribution >= 4 is 28.7 Å². The molecule has 6 nitrogen and oxygen atoms in total. The highest BCUT2D eigenvalue weighted by atomic mass is 35.5. The van der Waals surface area contributed by atoms with Gasteiger partial charge in [0.05, 0.1) is 23.5 Å². The van der Waals surface area contributed by atoms with Gasteiger partial charge in [0.25, 0.3) is 0 Å². The van der Waals surface area contributed by atoms with Crippen LogP contribution in [0.4, 0.5) is 9.18 Å². The number of hydrogen-bond acceptors (Lipinski definition) is 5. The minimum atomic E-state index is -0.581. The minimum absolute atomic E-state index is 0.170. The smallest absolute Gasteiger partial charge is 0.408 e.